The molecule has 0 bridgehead atoms. The Morgan fingerprint density at radius 3 is 2.53 bits per heavy atom. The molecule has 1 aliphatic heterocycles. The highest BCUT2D eigenvalue weighted by Gasteiger charge is 2.55. The van der Waals surface area contributed by atoms with Crippen LogP contribution in [0.3, 0.4) is 0 Å². The van der Waals surface area contributed by atoms with Gasteiger partial charge in [0.2, 0.25) is 0 Å². The highest BCUT2D eigenvalue weighted by molar-refractivity contribution is 5.89. The van der Waals surface area contributed by atoms with Gasteiger partial charge in [0.25, 0.3) is 0 Å². The fourth-order valence-electron chi connectivity index (χ4n) is 5.20. The third-order valence-electron chi connectivity index (χ3n) is 7.02. The molecule has 2 aliphatic carbocycles. The van der Waals surface area contributed by atoms with E-state index < -0.39 is 35.9 Å². The maximum Gasteiger partial charge on any atom is 0.573 e. The van der Waals surface area contributed by atoms with Gasteiger partial charge in [-0.05, 0) is 68.5 Å². The molecule has 0 aromatic heterocycles. The van der Waals surface area contributed by atoms with Gasteiger partial charge in [0, 0.05) is 11.8 Å². The number of halogens is 3. The molecule has 1 saturated carbocycles. The van der Waals surface area contributed by atoms with E-state index in [0.717, 1.165) is 23.3 Å². The molecule has 1 saturated heterocycles. The average Bonchev–Trinajstić information content (AvgIpc) is 3.13. The Bertz CT molecular complexity index is 949. The van der Waals surface area contributed by atoms with Gasteiger partial charge in [0.15, 0.2) is 0 Å². The molecule has 1 aromatic rings. The fourth-order valence-corrected chi connectivity index (χ4v) is 5.20. The zero-order valence-corrected chi connectivity index (χ0v) is 17.9. The summed E-state index contributed by atoms with van der Waals surface area (Å²) in [6, 6.07) is 4.49. The zero-order valence-electron chi connectivity index (χ0n) is 17.9. The zero-order chi connectivity index (χ0) is 23.4. The highest BCUT2D eigenvalue weighted by atomic mass is 19.4. The van der Waals surface area contributed by atoms with Gasteiger partial charge in [-0.15, -0.1) is 13.2 Å². The van der Waals surface area contributed by atoms with E-state index in [2.05, 4.69) is 4.74 Å². The number of carbonyl (C=O) groups is 2. The van der Waals surface area contributed by atoms with Crippen molar-refractivity contribution in [2.45, 2.75) is 64.2 Å². The molecule has 0 spiro atoms. The summed E-state index contributed by atoms with van der Waals surface area (Å²) in [6.45, 7) is 5.39. The number of hydrogen-bond acceptors (Lipinski definition) is 6. The maximum atomic E-state index is 12.7. The van der Waals surface area contributed by atoms with Crippen molar-refractivity contribution in [1.82, 2.24) is 0 Å². The van der Waals surface area contributed by atoms with Gasteiger partial charge < -0.3 is 19.3 Å². The summed E-state index contributed by atoms with van der Waals surface area (Å²) in [6.07, 6.45) is -4.38. The Morgan fingerprint density at radius 1 is 1.25 bits per heavy atom. The molecule has 3 aliphatic rings. The van der Waals surface area contributed by atoms with Gasteiger partial charge in [-0.3, -0.25) is 4.79 Å². The molecule has 174 valence electrons. The van der Waals surface area contributed by atoms with Crippen LogP contribution in [0.2, 0.25) is 0 Å². The second-order valence-corrected chi connectivity index (χ2v) is 9.10. The smallest absolute Gasteiger partial charge is 0.457 e. The van der Waals surface area contributed by atoms with Crippen LogP contribution in [0.1, 0.15) is 50.4 Å². The molecule has 2 fully saturated rings. The Hall–Kier alpha value is -2.55. The van der Waals surface area contributed by atoms with Gasteiger partial charge in [-0.1, -0.05) is 6.92 Å². The molecule has 1 N–H and O–H groups in total. The monoisotopic (exact) mass is 454 g/mol. The first-order valence-corrected chi connectivity index (χ1v) is 10.6. The Kier molecular flexibility index (Phi) is 5.51. The summed E-state index contributed by atoms with van der Waals surface area (Å²) in [5.41, 5.74) is 0.612. The number of carbonyl (C=O) groups excluding carboxylic acids is 2. The van der Waals surface area contributed by atoms with E-state index in [0.29, 0.717) is 19.3 Å². The number of rotatable bonds is 3. The minimum Gasteiger partial charge on any atom is -0.457 e. The second-order valence-electron chi connectivity index (χ2n) is 9.10. The summed E-state index contributed by atoms with van der Waals surface area (Å²) >= 11 is 0. The molecule has 9 heteroatoms. The van der Waals surface area contributed by atoms with Crippen LogP contribution in [0.4, 0.5) is 13.2 Å². The lowest BCUT2D eigenvalue weighted by Gasteiger charge is -2.31. The van der Waals surface area contributed by atoms with Gasteiger partial charge in [0.1, 0.15) is 18.0 Å². The normalized spacial score (nSPS) is 34.5. The Balaban J connectivity index is 1.55. The van der Waals surface area contributed by atoms with Crippen LogP contribution in [0.15, 0.2) is 35.4 Å². The van der Waals surface area contributed by atoms with Gasteiger partial charge in [-0.25, -0.2) is 4.79 Å². The topological polar surface area (TPSA) is 82.1 Å². The van der Waals surface area contributed by atoms with Crippen molar-refractivity contribution in [2.75, 3.05) is 0 Å². The number of alkyl halides is 3. The molecule has 1 heterocycles. The average molecular weight is 454 g/mol. The van der Waals surface area contributed by atoms with E-state index in [1.54, 1.807) is 6.92 Å². The first-order chi connectivity index (χ1) is 14.9. The van der Waals surface area contributed by atoms with Crippen LogP contribution in [0.5, 0.6) is 5.75 Å². The SMILES string of the molecule is CC1=C2C(C[C@@H]1OC(=O)c1ccc(OC(F)(F)F)cc1)[C@](C)(O)CC[C@H]1[C@H](C)C(=O)O[C@H]21. The largest absolute Gasteiger partial charge is 0.573 e. The van der Waals surface area contributed by atoms with Crippen LogP contribution in [-0.2, 0) is 14.3 Å². The molecule has 32 heavy (non-hydrogen) atoms. The van der Waals surface area contributed by atoms with Crippen LogP contribution in [0, 0.1) is 17.8 Å². The molecule has 1 unspecified atom stereocenters. The Labute approximate surface area is 183 Å². The van der Waals surface area contributed by atoms with Crippen molar-refractivity contribution in [3.05, 3.63) is 41.0 Å². The Morgan fingerprint density at radius 2 is 1.91 bits per heavy atom. The minimum atomic E-state index is -4.82. The number of fused-ring (bicyclic) bond motifs is 3. The summed E-state index contributed by atoms with van der Waals surface area (Å²) in [5, 5.41) is 11.1. The lowest BCUT2D eigenvalue weighted by Crippen LogP contribution is -2.35. The maximum absolute atomic E-state index is 12.7. The molecule has 1 aromatic carbocycles. The minimum absolute atomic E-state index is 0.0421. The van der Waals surface area contributed by atoms with Crippen molar-refractivity contribution in [1.29, 1.82) is 0 Å². The van der Waals surface area contributed by atoms with Gasteiger partial charge in [0.05, 0.1) is 17.1 Å². The first-order valence-electron chi connectivity index (χ1n) is 10.6. The van der Waals surface area contributed by atoms with E-state index in [9.17, 15) is 27.9 Å². The van der Waals surface area contributed by atoms with E-state index in [1.165, 1.54) is 12.1 Å². The number of esters is 2. The molecular weight excluding hydrogens is 429 g/mol. The molecule has 0 amide bonds. The van der Waals surface area contributed by atoms with E-state index in [4.69, 9.17) is 9.47 Å². The van der Waals surface area contributed by atoms with Gasteiger partial charge in [-0.2, -0.15) is 0 Å². The van der Waals surface area contributed by atoms with Crippen molar-refractivity contribution in [3.8, 4) is 5.75 Å². The van der Waals surface area contributed by atoms with E-state index in [-0.39, 0.29) is 29.3 Å². The standard InChI is InChI=1S/C23H25F3O6/c1-11-15-8-9-22(3,29)16-10-17(12(2)18(16)19(15)31-20(11)27)30-21(28)13-4-6-14(7-5-13)32-23(24,25)26/h4-7,11,15-17,19,29H,8-10H2,1-3H3/t11-,15-,16?,17-,19-,22+/m0/s1. The highest BCUT2D eigenvalue weighted by Crippen LogP contribution is 2.52. The number of benzene rings is 1. The van der Waals surface area contributed by atoms with Crippen LogP contribution >= 0.6 is 0 Å². The number of hydrogen-bond donors (Lipinski definition) is 1. The predicted molar refractivity (Wildman–Crippen MR) is 106 cm³/mol. The molecule has 0 radical (unpaired) electrons. The quantitative estimate of drug-likeness (QED) is 0.545. The lowest BCUT2D eigenvalue weighted by molar-refractivity contribution is -0.274. The second kappa shape index (κ2) is 7.79. The summed E-state index contributed by atoms with van der Waals surface area (Å²) in [5.74, 6) is -2.03. The first kappa shape index (κ1) is 22.6. The van der Waals surface area contributed by atoms with Crippen molar-refractivity contribution < 1.29 is 42.1 Å². The molecule has 6 atom stereocenters. The van der Waals surface area contributed by atoms with Crippen LogP contribution in [0.25, 0.3) is 0 Å². The van der Waals surface area contributed by atoms with Crippen molar-refractivity contribution >= 4 is 11.9 Å². The summed E-state index contributed by atoms with van der Waals surface area (Å²) in [4.78, 5) is 24.8. The third kappa shape index (κ3) is 4.10. The fraction of sp³-hybridized carbons (Fsp3) is 0.565. The van der Waals surface area contributed by atoms with E-state index in [1.807, 2.05) is 13.8 Å². The number of ether oxygens (including phenoxy) is 3. The predicted octanol–water partition coefficient (Wildman–Crippen LogP) is 4.17. The molecular formula is C23H25F3O6. The van der Waals surface area contributed by atoms with Crippen molar-refractivity contribution in [2.24, 2.45) is 17.8 Å². The van der Waals surface area contributed by atoms with Crippen molar-refractivity contribution in [3.63, 3.8) is 0 Å². The van der Waals surface area contributed by atoms with Gasteiger partial charge >= 0.3 is 18.3 Å². The summed E-state index contributed by atoms with van der Waals surface area (Å²) < 4.78 is 52.1. The molecule has 4 rings (SSSR count). The van der Waals surface area contributed by atoms with E-state index >= 15 is 0 Å². The lowest BCUT2D eigenvalue weighted by atomic mass is 9.81. The number of aliphatic hydroxyl groups is 1. The van der Waals surface area contributed by atoms with Crippen LogP contribution in [-0.4, -0.2) is 41.2 Å². The molecule has 6 nitrogen and oxygen atoms in total. The van der Waals surface area contributed by atoms with Crippen LogP contribution < -0.4 is 4.74 Å². The third-order valence-corrected chi connectivity index (χ3v) is 7.02. The summed E-state index contributed by atoms with van der Waals surface area (Å²) in [7, 11) is 0.